The number of esters is 1. The Morgan fingerprint density at radius 1 is 0.570 bits per heavy atom. The maximum atomic E-state index is 12.8. The van der Waals surface area contributed by atoms with Gasteiger partial charge in [-0.1, -0.05) is 13.5 Å². The van der Waals surface area contributed by atoms with E-state index < -0.39 is 6.43 Å². The minimum atomic E-state index is -2.60. The Labute approximate surface area is 495 Å². The summed E-state index contributed by atoms with van der Waals surface area (Å²) >= 11 is 0. The summed E-state index contributed by atoms with van der Waals surface area (Å²) in [7, 11) is 0. The molecule has 3 aromatic carbocycles. The highest BCUT2D eigenvalue weighted by atomic mass is 19.3. The van der Waals surface area contributed by atoms with Crippen LogP contribution in [0.5, 0.6) is 17.2 Å². The van der Waals surface area contributed by atoms with Gasteiger partial charge in [-0.25, -0.2) is 8.78 Å². The predicted molar refractivity (Wildman–Crippen MR) is 320 cm³/mol. The van der Waals surface area contributed by atoms with E-state index in [0.29, 0.717) is 63.3 Å². The van der Waals surface area contributed by atoms with Crippen LogP contribution >= 0.6 is 0 Å². The lowest BCUT2D eigenvalue weighted by molar-refractivity contribution is -0.141. The summed E-state index contributed by atoms with van der Waals surface area (Å²) in [6.07, 6.45) is 12.4. The van der Waals surface area contributed by atoms with Gasteiger partial charge in [-0.3, -0.25) is 48.5 Å². The highest BCUT2D eigenvalue weighted by molar-refractivity contribution is 5.92. The van der Waals surface area contributed by atoms with Crippen LogP contribution in [0, 0.1) is 17.8 Å². The Balaban J connectivity index is 0.000000153. The summed E-state index contributed by atoms with van der Waals surface area (Å²) in [6, 6.07) is 26.2. The average Bonchev–Trinajstić information content (AvgIpc) is 2.26. The van der Waals surface area contributed by atoms with Crippen LogP contribution in [0.25, 0.3) is 66.1 Å². The van der Waals surface area contributed by atoms with E-state index in [2.05, 4.69) is 46.1 Å². The smallest absolute Gasteiger partial charge is 0.302 e. The predicted octanol–water partition coefficient (Wildman–Crippen LogP) is 9.33. The second-order valence-corrected chi connectivity index (χ2v) is 21.2. The SMILES string of the molecule is C.CC(=O)OCCn1cc(-c2cc(O[C@H](C)[C@H]3CNC(=O)C3)c3cccnc3c2)cn1.C[C@@H](Oc1cc(-c2ccc(C(F)F)nc2)cc2ncccc12)[C@H]1CNC(=O)C1.C[C@@H](Oc1cc(-c2cnn(CCO)c2)cc2ncccc12)[C@H]1CNC(=O)C1. The topological polar surface area (TPSA) is 249 Å². The standard InChI is InChI=1S/C22H24N4O4.C21H19F2N3O2.C20H22N4O3.CH4/c1-14(17-10-22(28)24-11-17)30-21-9-16(8-20-19(21)4-3-5-23-20)18-12-25-26(13-18)6-7-29-15(2)27;1-12(15-9-20(27)26-11-15)28-19-8-14(7-18-16(19)3-2-6-24-18)13-4-5-17(21(22)23)25-10-13;1-13(15-9-20(26)22-10-15)27-19-8-14(7-18-17(19)3-2-4-21-18)16-11-23-24(12-16)5-6-25;/h3-5,8-9,12-14,17H,6-7,10-11H2,1-2H3,(H,24,28);2-8,10,12,15,21H,9,11H2,1H3,(H,26,27);2-4,7-8,11-13,15,25H,5-6,9-10H2,1H3,(H,22,26);1H4/t14-,17-;12-,15-;13-,15-;/m111./s1. The number of amides is 3. The third kappa shape index (κ3) is 15.1. The molecule has 3 amide bonds. The van der Waals surface area contributed by atoms with Crippen molar-refractivity contribution in [2.45, 2.75) is 92.2 Å². The molecule has 0 radical (unpaired) electrons. The third-order valence-corrected chi connectivity index (χ3v) is 15.2. The lowest BCUT2D eigenvalue weighted by Crippen LogP contribution is -2.25. The number of hydrogen-bond acceptors (Lipinski definition) is 15. The fraction of sp³-hybridized carbons (Fsp3) is 0.344. The lowest BCUT2D eigenvalue weighted by Gasteiger charge is -2.21. The number of fused-ring (bicyclic) bond motifs is 3. The van der Waals surface area contributed by atoms with Crippen LogP contribution in [0.4, 0.5) is 8.78 Å². The Hall–Kier alpha value is -9.44. The van der Waals surface area contributed by atoms with Crippen molar-refractivity contribution in [3.63, 3.8) is 0 Å². The average molecular weight is 1170 g/mol. The summed E-state index contributed by atoms with van der Waals surface area (Å²) in [5.41, 5.74) is 7.36. The second kappa shape index (κ2) is 28.0. The molecule has 3 saturated heterocycles. The van der Waals surface area contributed by atoms with Crippen LogP contribution in [-0.2, 0) is 37.0 Å². The minimum absolute atomic E-state index is 0. The maximum absolute atomic E-state index is 12.8. The Morgan fingerprint density at radius 2 is 0.977 bits per heavy atom. The van der Waals surface area contributed by atoms with E-state index in [0.717, 1.165) is 72.0 Å². The van der Waals surface area contributed by atoms with Gasteiger partial charge in [0.2, 0.25) is 17.7 Å². The van der Waals surface area contributed by atoms with Crippen LogP contribution in [0.15, 0.2) is 135 Å². The molecule has 86 heavy (non-hydrogen) atoms. The third-order valence-electron chi connectivity index (χ3n) is 15.2. The largest absolute Gasteiger partial charge is 0.490 e. The molecule has 448 valence electrons. The van der Waals surface area contributed by atoms with Crippen molar-refractivity contribution in [2.24, 2.45) is 17.8 Å². The van der Waals surface area contributed by atoms with Crippen molar-refractivity contribution >= 4 is 56.4 Å². The fourth-order valence-corrected chi connectivity index (χ4v) is 10.4. The molecule has 3 aliphatic rings. The molecule has 12 rings (SSSR count). The first kappa shape index (κ1) is 61.1. The highest BCUT2D eigenvalue weighted by Crippen LogP contribution is 2.37. The first-order valence-electron chi connectivity index (χ1n) is 28.1. The fourth-order valence-electron chi connectivity index (χ4n) is 10.4. The summed E-state index contributed by atoms with van der Waals surface area (Å²) in [5, 5.41) is 29.0. The van der Waals surface area contributed by atoms with Gasteiger partial charge >= 0.3 is 5.97 Å². The van der Waals surface area contributed by atoms with Crippen molar-refractivity contribution in [1.82, 2.24) is 55.4 Å². The van der Waals surface area contributed by atoms with Gasteiger partial charge in [0, 0.05) is 134 Å². The first-order valence-corrected chi connectivity index (χ1v) is 28.1. The summed E-state index contributed by atoms with van der Waals surface area (Å²) in [4.78, 5) is 62.7. The molecule has 4 N–H and O–H groups in total. The van der Waals surface area contributed by atoms with Gasteiger partial charge in [0.1, 0.15) is 47.9 Å². The molecule has 0 saturated carbocycles. The number of rotatable bonds is 18. The number of carbonyl (C=O) groups is 4. The number of aromatic nitrogens is 8. The monoisotopic (exact) mass is 1170 g/mol. The van der Waals surface area contributed by atoms with Gasteiger partial charge in [-0.05, 0) is 116 Å². The van der Waals surface area contributed by atoms with Gasteiger partial charge < -0.3 is 40.0 Å². The molecule has 0 spiro atoms. The van der Waals surface area contributed by atoms with Crippen molar-refractivity contribution in [3.05, 3.63) is 140 Å². The second-order valence-electron chi connectivity index (χ2n) is 21.2. The summed E-state index contributed by atoms with van der Waals surface area (Å²) < 4.78 is 52.8. The zero-order valence-electron chi connectivity index (χ0n) is 47.4. The molecule has 9 heterocycles. The Kier molecular flexibility index (Phi) is 19.9. The number of nitrogens with zero attached hydrogens (tertiary/aromatic N) is 8. The van der Waals surface area contributed by atoms with E-state index in [1.165, 1.54) is 19.2 Å². The van der Waals surface area contributed by atoms with Crippen LogP contribution in [-0.4, -0.2) is 119 Å². The van der Waals surface area contributed by atoms with Crippen LogP contribution in [0.3, 0.4) is 0 Å². The molecule has 0 bridgehead atoms. The zero-order valence-corrected chi connectivity index (χ0v) is 47.4. The number of ether oxygens (including phenoxy) is 4. The van der Waals surface area contributed by atoms with Crippen LogP contribution < -0.4 is 30.2 Å². The molecule has 6 atom stereocenters. The van der Waals surface area contributed by atoms with E-state index in [9.17, 15) is 28.0 Å². The molecule has 0 aliphatic carbocycles. The van der Waals surface area contributed by atoms with E-state index in [1.54, 1.807) is 46.4 Å². The molecule has 3 aliphatic heterocycles. The number of aliphatic hydroxyl groups is 1. The van der Waals surface area contributed by atoms with Crippen LogP contribution in [0.2, 0.25) is 0 Å². The molecule has 6 aromatic heterocycles. The Morgan fingerprint density at radius 3 is 1.33 bits per heavy atom. The van der Waals surface area contributed by atoms with Gasteiger partial charge in [0.25, 0.3) is 6.43 Å². The minimum Gasteiger partial charge on any atom is -0.490 e. The van der Waals surface area contributed by atoms with Crippen molar-refractivity contribution < 1.29 is 52.0 Å². The molecular formula is C64H69F2N11O9. The number of aliphatic hydroxyl groups excluding tert-OH is 1. The molecular weight excluding hydrogens is 1100 g/mol. The van der Waals surface area contributed by atoms with Crippen molar-refractivity contribution in [3.8, 4) is 50.6 Å². The molecule has 3 fully saturated rings. The van der Waals surface area contributed by atoms with E-state index in [1.807, 2.05) is 106 Å². The first-order chi connectivity index (χ1) is 41.1. The molecule has 9 aromatic rings. The number of alkyl halides is 2. The molecule has 20 nitrogen and oxygen atoms in total. The van der Waals surface area contributed by atoms with Gasteiger partial charge in [-0.15, -0.1) is 0 Å². The summed E-state index contributed by atoms with van der Waals surface area (Å²) in [6.45, 7) is 10.4. The van der Waals surface area contributed by atoms with Crippen molar-refractivity contribution in [1.29, 1.82) is 0 Å². The normalized spacial score (nSPS) is 17.3. The highest BCUT2D eigenvalue weighted by Gasteiger charge is 2.31. The van der Waals surface area contributed by atoms with Crippen LogP contribution in [0.1, 0.15) is 66.5 Å². The zero-order chi connectivity index (χ0) is 59.6. The number of hydrogen-bond donors (Lipinski definition) is 4. The molecule has 0 unspecified atom stereocenters. The van der Waals surface area contributed by atoms with E-state index >= 15 is 0 Å². The number of halogens is 2. The quantitative estimate of drug-likeness (QED) is 0.0584. The number of nitrogens with one attached hydrogen (secondary N) is 3. The maximum Gasteiger partial charge on any atom is 0.302 e. The lowest BCUT2D eigenvalue weighted by atomic mass is 10.0. The van der Waals surface area contributed by atoms with Gasteiger partial charge in [-0.2, -0.15) is 10.2 Å². The van der Waals surface area contributed by atoms with E-state index in [4.69, 9.17) is 24.1 Å². The van der Waals surface area contributed by atoms with Crippen molar-refractivity contribution in [2.75, 3.05) is 32.8 Å². The van der Waals surface area contributed by atoms with Gasteiger partial charge in [0.15, 0.2) is 0 Å². The summed E-state index contributed by atoms with van der Waals surface area (Å²) in [5.74, 6) is 2.37. The van der Waals surface area contributed by atoms with E-state index in [-0.39, 0.29) is 86.1 Å². The van der Waals surface area contributed by atoms with Gasteiger partial charge in [0.05, 0.1) is 48.6 Å². The number of pyridine rings is 4. The number of carbonyl (C=O) groups excluding carboxylic acids is 4. The molecule has 22 heteroatoms. The Bertz CT molecular complexity index is 3840. The number of benzene rings is 3.